The van der Waals surface area contributed by atoms with Crippen molar-refractivity contribution in [3.05, 3.63) is 45.3 Å². The minimum Gasteiger partial charge on any atom is -0.465 e. The summed E-state index contributed by atoms with van der Waals surface area (Å²) in [5, 5.41) is 7.21. The number of aryl methyl sites for hydroxylation is 2. The lowest BCUT2D eigenvalue weighted by Crippen LogP contribution is -2.30. The van der Waals surface area contributed by atoms with Crippen LogP contribution in [-0.2, 0) is 11.2 Å². The lowest BCUT2D eigenvalue weighted by Gasteiger charge is -2.18. The number of ether oxygens (including phenoxy) is 1. The van der Waals surface area contributed by atoms with Crippen molar-refractivity contribution in [2.45, 2.75) is 41.0 Å². The molecule has 162 valence electrons. The van der Waals surface area contributed by atoms with E-state index in [1.165, 1.54) is 18.4 Å². The molecule has 2 aromatic rings. The Labute approximate surface area is 187 Å². The molecule has 0 radical (unpaired) electrons. The van der Waals surface area contributed by atoms with Crippen molar-refractivity contribution >= 4 is 51.2 Å². The van der Waals surface area contributed by atoms with Crippen molar-refractivity contribution in [3.63, 3.8) is 0 Å². The molecular weight excluding hydrogens is 418 g/mol. The van der Waals surface area contributed by atoms with Gasteiger partial charge in [0.2, 0.25) is 0 Å². The second-order valence-electron chi connectivity index (χ2n) is 6.77. The van der Waals surface area contributed by atoms with Gasteiger partial charge in [0.1, 0.15) is 5.00 Å². The first-order valence-corrected chi connectivity index (χ1v) is 11.2. The Balaban J connectivity index is 2.39. The molecule has 6 nitrogen and oxygen atoms in total. The normalized spacial score (nSPS) is 10.5. The number of methoxy groups -OCH3 is 1. The van der Waals surface area contributed by atoms with E-state index in [2.05, 4.69) is 17.6 Å². The Bertz CT molecular complexity index is 949. The summed E-state index contributed by atoms with van der Waals surface area (Å²) in [6, 6.07) is 6.08. The largest absolute Gasteiger partial charge is 0.465 e. The molecule has 8 heteroatoms. The van der Waals surface area contributed by atoms with Crippen LogP contribution < -0.4 is 10.6 Å². The van der Waals surface area contributed by atoms with E-state index in [1.54, 1.807) is 11.8 Å². The standard InChI is InChI=1S/C22H29N3O3S2/c1-7-15-12-10-11-13(4)17(15)23-22(29)24-19-16(21(27)28-6)14(5)18(30-19)20(26)25(8-2)9-3/h10-12H,7-9H2,1-6H3,(H2,23,24,29). The number of hydrogen-bond acceptors (Lipinski definition) is 5. The minimum atomic E-state index is -0.502. The van der Waals surface area contributed by atoms with E-state index in [9.17, 15) is 9.59 Å². The first kappa shape index (κ1) is 23.8. The van der Waals surface area contributed by atoms with Gasteiger partial charge in [0.05, 0.1) is 17.6 Å². The average molecular weight is 448 g/mol. The molecule has 0 unspecified atom stereocenters. The Morgan fingerprint density at radius 3 is 2.37 bits per heavy atom. The third kappa shape index (κ3) is 4.99. The molecule has 0 aliphatic rings. The highest BCUT2D eigenvalue weighted by Crippen LogP contribution is 2.35. The maximum atomic E-state index is 12.9. The molecule has 1 aromatic heterocycles. The number of thiocarbonyl (C=S) groups is 1. The van der Waals surface area contributed by atoms with E-state index >= 15 is 0 Å². The first-order chi connectivity index (χ1) is 14.3. The van der Waals surface area contributed by atoms with Gasteiger partial charge < -0.3 is 20.3 Å². The van der Waals surface area contributed by atoms with Gasteiger partial charge >= 0.3 is 5.97 Å². The van der Waals surface area contributed by atoms with Gasteiger partial charge in [0, 0.05) is 18.8 Å². The van der Waals surface area contributed by atoms with Crippen LogP contribution in [0.5, 0.6) is 0 Å². The summed E-state index contributed by atoms with van der Waals surface area (Å²) < 4.78 is 4.96. The monoisotopic (exact) mass is 447 g/mol. The van der Waals surface area contributed by atoms with Crippen LogP contribution in [0.2, 0.25) is 0 Å². The molecular formula is C22H29N3O3S2. The molecule has 0 aliphatic heterocycles. The van der Waals surface area contributed by atoms with E-state index < -0.39 is 5.97 Å². The molecule has 30 heavy (non-hydrogen) atoms. The second kappa shape index (κ2) is 10.5. The molecule has 2 N–H and O–H groups in total. The zero-order chi connectivity index (χ0) is 22.4. The zero-order valence-electron chi connectivity index (χ0n) is 18.3. The maximum absolute atomic E-state index is 12.9. The Morgan fingerprint density at radius 1 is 1.13 bits per heavy atom. The number of carbonyl (C=O) groups excluding carboxylic acids is 2. The lowest BCUT2D eigenvalue weighted by atomic mass is 10.1. The highest BCUT2D eigenvalue weighted by molar-refractivity contribution is 7.80. The predicted octanol–water partition coefficient (Wildman–Crippen LogP) is 5.00. The van der Waals surface area contributed by atoms with Crippen molar-refractivity contribution in [2.24, 2.45) is 0 Å². The van der Waals surface area contributed by atoms with Gasteiger partial charge in [-0.3, -0.25) is 4.79 Å². The van der Waals surface area contributed by atoms with E-state index in [-0.39, 0.29) is 5.91 Å². The number of rotatable bonds is 7. The quantitative estimate of drug-likeness (QED) is 0.460. The summed E-state index contributed by atoms with van der Waals surface area (Å²) in [5.41, 5.74) is 4.10. The Morgan fingerprint density at radius 2 is 1.80 bits per heavy atom. The zero-order valence-corrected chi connectivity index (χ0v) is 20.0. The number of para-hydroxylation sites is 1. The summed E-state index contributed by atoms with van der Waals surface area (Å²) in [5.74, 6) is -0.607. The van der Waals surface area contributed by atoms with Crippen molar-refractivity contribution in [1.82, 2.24) is 4.90 Å². The number of nitrogens with one attached hydrogen (secondary N) is 2. The third-order valence-electron chi connectivity index (χ3n) is 4.99. The Kier molecular flexibility index (Phi) is 8.37. The smallest absolute Gasteiger partial charge is 0.341 e. The number of esters is 1. The highest BCUT2D eigenvalue weighted by atomic mass is 32.1. The van der Waals surface area contributed by atoms with Crippen LogP contribution >= 0.6 is 23.6 Å². The van der Waals surface area contributed by atoms with Crippen molar-refractivity contribution in [2.75, 3.05) is 30.8 Å². The molecule has 2 rings (SSSR count). The number of benzene rings is 1. The molecule has 0 fully saturated rings. The predicted molar refractivity (Wildman–Crippen MR) is 128 cm³/mol. The second-order valence-corrected chi connectivity index (χ2v) is 8.20. The SMILES string of the molecule is CCc1cccc(C)c1NC(=S)Nc1sc(C(=O)N(CC)CC)c(C)c1C(=O)OC. The highest BCUT2D eigenvalue weighted by Gasteiger charge is 2.27. The fraction of sp³-hybridized carbons (Fsp3) is 0.409. The number of amides is 1. The molecule has 0 atom stereocenters. The number of nitrogens with zero attached hydrogens (tertiary/aromatic N) is 1. The topological polar surface area (TPSA) is 70.7 Å². The first-order valence-electron chi connectivity index (χ1n) is 9.96. The van der Waals surface area contributed by atoms with Crippen LogP contribution in [0.25, 0.3) is 0 Å². The average Bonchev–Trinajstić information content (AvgIpc) is 3.05. The van der Waals surface area contributed by atoms with Crippen LogP contribution in [0.15, 0.2) is 18.2 Å². The van der Waals surface area contributed by atoms with Crippen LogP contribution in [0.4, 0.5) is 10.7 Å². The van der Waals surface area contributed by atoms with E-state index in [1.807, 2.05) is 39.0 Å². The molecule has 0 saturated heterocycles. The van der Waals surface area contributed by atoms with Gasteiger partial charge in [-0.2, -0.15) is 0 Å². The molecule has 1 heterocycles. The van der Waals surface area contributed by atoms with Crippen LogP contribution in [0.1, 0.15) is 57.5 Å². The summed E-state index contributed by atoms with van der Waals surface area (Å²) in [4.78, 5) is 27.6. The number of carbonyl (C=O) groups is 2. The summed E-state index contributed by atoms with van der Waals surface area (Å²) in [6.45, 7) is 10.9. The molecule has 0 bridgehead atoms. The van der Waals surface area contributed by atoms with Gasteiger partial charge in [0.25, 0.3) is 5.91 Å². The number of thiophene rings is 1. The molecule has 1 amide bonds. The van der Waals surface area contributed by atoms with Crippen LogP contribution in [0, 0.1) is 13.8 Å². The summed E-state index contributed by atoms with van der Waals surface area (Å²) in [7, 11) is 1.33. The third-order valence-corrected chi connectivity index (χ3v) is 6.39. The van der Waals surface area contributed by atoms with Gasteiger partial charge in [-0.1, -0.05) is 25.1 Å². The number of anilines is 2. The molecule has 0 spiro atoms. The van der Waals surface area contributed by atoms with E-state index in [0.29, 0.717) is 39.2 Å². The van der Waals surface area contributed by atoms with Crippen molar-refractivity contribution in [1.29, 1.82) is 0 Å². The number of hydrogen-bond donors (Lipinski definition) is 2. The van der Waals surface area contributed by atoms with E-state index in [4.69, 9.17) is 17.0 Å². The van der Waals surface area contributed by atoms with Crippen molar-refractivity contribution in [3.8, 4) is 0 Å². The van der Waals surface area contributed by atoms with Gasteiger partial charge in [0.15, 0.2) is 5.11 Å². The fourth-order valence-electron chi connectivity index (χ4n) is 3.26. The summed E-state index contributed by atoms with van der Waals surface area (Å²) in [6.07, 6.45) is 0.862. The van der Waals surface area contributed by atoms with Crippen LogP contribution in [-0.4, -0.2) is 42.1 Å². The molecule has 0 aliphatic carbocycles. The molecule has 1 aromatic carbocycles. The van der Waals surface area contributed by atoms with Gasteiger partial charge in [-0.15, -0.1) is 11.3 Å². The molecule has 0 saturated carbocycles. The maximum Gasteiger partial charge on any atom is 0.341 e. The van der Waals surface area contributed by atoms with Gasteiger partial charge in [-0.05, 0) is 63.0 Å². The Hall–Kier alpha value is -2.45. The van der Waals surface area contributed by atoms with Gasteiger partial charge in [-0.25, -0.2) is 4.79 Å². The lowest BCUT2D eigenvalue weighted by molar-refractivity contribution is 0.0601. The minimum absolute atomic E-state index is 0.105. The summed E-state index contributed by atoms with van der Waals surface area (Å²) >= 11 is 6.74. The fourth-order valence-corrected chi connectivity index (χ4v) is 4.69. The van der Waals surface area contributed by atoms with Crippen LogP contribution in [0.3, 0.4) is 0 Å². The van der Waals surface area contributed by atoms with Crippen molar-refractivity contribution < 1.29 is 14.3 Å². The van der Waals surface area contributed by atoms with E-state index in [0.717, 1.165) is 23.2 Å².